The third-order valence-corrected chi connectivity index (χ3v) is 2.95. The molecule has 0 aliphatic heterocycles. The highest BCUT2D eigenvalue weighted by atomic mass is 79.9. The van der Waals surface area contributed by atoms with E-state index in [9.17, 15) is 4.79 Å². The van der Waals surface area contributed by atoms with Crippen LogP contribution >= 0.6 is 15.9 Å². The van der Waals surface area contributed by atoms with E-state index in [1.807, 2.05) is 25.1 Å². The zero-order valence-corrected chi connectivity index (χ0v) is 12.6. The molecule has 0 saturated carbocycles. The topological polar surface area (TPSA) is 76.4 Å². The van der Waals surface area contributed by atoms with E-state index in [1.165, 1.54) is 0 Å². The molecule has 0 aliphatic rings. The molecule has 4 N–H and O–H groups in total. The maximum absolute atomic E-state index is 11.3. The summed E-state index contributed by atoms with van der Waals surface area (Å²) in [6.45, 7) is 3.59. The lowest BCUT2D eigenvalue weighted by Gasteiger charge is -2.10. The molecular formula is C13H20BrN3O2. The summed E-state index contributed by atoms with van der Waals surface area (Å²) in [5.41, 5.74) is 7.33. The van der Waals surface area contributed by atoms with Gasteiger partial charge < -0.3 is 21.1 Å². The highest BCUT2D eigenvalue weighted by Gasteiger charge is 2.01. The number of unbranched alkanes of at least 4 members (excludes halogenated alkanes) is 1. The third kappa shape index (κ3) is 6.33. The molecule has 6 heteroatoms. The molecule has 5 nitrogen and oxygen atoms in total. The van der Waals surface area contributed by atoms with Crippen LogP contribution in [0.2, 0.25) is 0 Å². The van der Waals surface area contributed by atoms with E-state index in [0.717, 1.165) is 23.0 Å². The second-order valence-corrected chi connectivity index (χ2v) is 4.99. The monoisotopic (exact) mass is 329 g/mol. The molecule has 0 aromatic heterocycles. The van der Waals surface area contributed by atoms with Gasteiger partial charge in [0.05, 0.1) is 18.0 Å². The Kier molecular flexibility index (Phi) is 7.10. The average molecular weight is 330 g/mol. The molecule has 0 heterocycles. The first-order valence-corrected chi connectivity index (χ1v) is 7.12. The number of nitrogen functional groups attached to an aromatic ring is 1. The minimum Gasteiger partial charge on any atom is -0.450 e. The van der Waals surface area contributed by atoms with Gasteiger partial charge >= 0.3 is 6.09 Å². The molecular weight excluding hydrogens is 310 g/mol. The van der Waals surface area contributed by atoms with Gasteiger partial charge in [0.25, 0.3) is 0 Å². The van der Waals surface area contributed by atoms with Gasteiger partial charge in [-0.25, -0.2) is 4.79 Å². The molecule has 0 spiro atoms. The molecule has 19 heavy (non-hydrogen) atoms. The Hall–Kier alpha value is -1.43. The van der Waals surface area contributed by atoms with Crippen molar-refractivity contribution in [2.45, 2.75) is 19.8 Å². The molecule has 0 bridgehead atoms. The summed E-state index contributed by atoms with van der Waals surface area (Å²) in [6, 6.07) is 5.59. The predicted octanol–water partition coefficient (Wildman–Crippen LogP) is 2.97. The highest BCUT2D eigenvalue weighted by molar-refractivity contribution is 9.10. The lowest BCUT2D eigenvalue weighted by molar-refractivity contribution is 0.145. The number of nitrogens with one attached hydrogen (secondary N) is 2. The number of amides is 1. The van der Waals surface area contributed by atoms with Crippen LogP contribution in [0.15, 0.2) is 22.7 Å². The van der Waals surface area contributed by atoms with Gasteiger partial charge in [-0.2, -0.15) is 0 Å². The van der Waals surface area contributed by atoms with Crippen LogP contribution in [0.5, 0.6) is 0 Å². The molecule has 1 amide bonds. The molecule has 0 aliphatic carbocycles. The third-order valence-electron chi connectivity index (χ3n) is 2.46. The minimum absolute atomic E-state index is 0.377. The van der Waals surface area contributed by atoms with Crippen LogP contribution in [0.3, 0.4) is 0 Å². The number of nitrogens with two attached hydrogens (primary N) is 1. The minimum atomic E-state index is -0.377. The van der Waals surface area contributed by atoms with Crippen LogP contribution < -0.4 is 16.4 Å². The van der Waals surface area contributed by atoms with Crippen molar-refractivity contribution in [3.05, 3.63) is 22.7 Å². The first-order chi connectivity index (χ1) is 9.13. The Balaban J connectivity index is 2.20. The van der Waals surface area contributed by atoms with E-state index in [4.69, 9.17) is 10.5 Å². The van der Waals surface area contributed by atoms with E-state index in [1.54, 1.807) is 0 Å². The summed E-state index contributed by atoms with van der Waals surface area (Å²) in [4.78, 5) is 11.3. The maximum atomic E-state index is 11.3. The standard InChI is InChI=1S/C13H20BrN3O2/c1-2-3-8-19-13(18)17-7-6-16-12-9-10(14)4-5-11(12)15/h4-5,9,16H,2-3,6-8,15H2,1H3,(H,17,18). The number of alkyl carbamates (subject to hydrolysis) is 1. The van der Waals surface area contributed by atoms with Crippen LogP contribution in [0.4, 0.5) is 16.2 Å². The largest absolute Gasteiger partial charge is 0.450 e. The number of carbonyl (C=O) groups is 1. The number of ether oxygens (including phenoxy) is 1. The van der Waals surface area contributed by atoms with E-state index in [-0.39, 0.29) is 6.09 Å². The maximum Gasteiger partial charge on any atom is 0.407 e. The number of carbonyl (C=O) groups excluding carboxylic acids is 1. The van der Waals surface area contributed by atoms with Gasteiger partial charge in [0, 0.05) is 17.6 Å². The Labute approximate surface area is 122 Å². The average Bonchev–Trinajstić information content (AvgIpc) is 2.39. The van der Waals surface area contributed by atoms with E-state index in [2.05, 4.69) is 26.6 Å². The lowest BCUT2D eigenvalue weighted by Crippen LogP contribution is -2.29. The fraction of sp³-hybridized carbons (Fsp3) is 0.462. The molecule has 0 unspecified atom stereocenters. The van der Waals surface area contributed by atoms with Crippen molar-refractivity contribution in [1.82, 2.24) is 5.32 Å². The molecule has 0 saturated heterocycles. The predicted molar refractivity (Wildman–Crippen MR) is 81.3 cm³/mol. The quantitative estimate of drug-likeness (QED) is 0.531. The van der Waals surface area contributed by atoms with Gasteiger partial charge in [0.2, 0.25) is 0 Å². The fourth-order valence-corrected chi connectivity index (χ4v) is 1.76. The lowest BCUT2D eigenvalue weighted by atomic mass is 10.3. The van der Waals surface area contributed by atoms with E-state index < -0.39 is 0 Å². The zero-order valence-electron chi connectivity index (χ0n) is 11.0. The molecule has 0 fully saturated rings. The fourth-order valence-electron chi connectivity index (χ4n) is 1.40. The van der Waals surface area contributed by atoms with Gasteiger partial charge in [-0.3, -0.25) is 0 Å². The number of hydrogen-bond acceptors (Lipinski definition) is 4. The van der Waals surface area contributed by atoms with Crippen molar-refractivity contribution >= 4 is 33.4 Å². The van der Waals surface area contributed by atoms with Crippen LogP contribution in [-0.4, -0.2) is 25.8 Å². The van der Waals surface area contributed by atoms with Crippen molar-refractivity contribution < 1.29 is 9.53 Å². The van der Waals surface area contributed by atoms with Gasteiger partial charge in [0.1, 0.15) is 0 Å². The zero-order chi connectivity index (χ0) is 14.1. The van der Waals surface area contributed by atoms with Gasteiger partial charge in [-0.15, -0.1) is 0 Å². The van der Waals surface area contributed by atoms with Crippen molar-refractivity contribution in [2.75, 3.05) is 30.7 Å². The Bertz CT molecular complexity index is 413. The SMILES string of the molecule is CCCCOC(=O)NCCNc1cc(Br)ccc1N. The normalized spacial score (nSPS) is 10.0. The van der Waals surface area contributed by atoms with E-state index >= 15 is 0 Å². The summed E-state index contributed by atoms with van der Waals surface area (Å²) < 4.78 is 5.92. The van der Waals surface area contributed by atoms with E-state index in [0.29, 0.717) is 25.4 Å². The number of rotatable bonds is 7. The summed E-state index contributed by atoms with van der Waals surface area (Å²) in [7, 11) is 0. The van der Waals surface area contributed by atoms with Crippen molar-refractivity contribution in [2.24, 2.45) is 0 Å². The molecule has 0 radical (unpaired) electrons. The number of halogens is 1. The highest BCUT2D eigenvalue weighted by Crippen LogP contribution is 2.22. The molecule has 106 valence electrons. The first-order valence-electron chi connectivity index (χ1n) is 6.33. The van der Waals surface area contributed by atoms with Gasteiger partial charge in [-0.05, 0) is 24.6 Å². The second kappa shape index (κ2) is 8.63. The van der Waals surface area contributed by atoms with Gasteiger partial charge in [-0.1, -0.05) is 29.3 Å². The molecule has 1 aromatic carbocycles. The van der Waals surface area contributed by atoms with Crippen LogP contribution in [0.25, 0.3) is 0 Å². The molecule has 0 atom stereocenters. The van der Waals surface area contributed by atoms with Crippen LogP contribution in [-0.2, 0) is 4.74 Å². The smallest absolute Gasteiger partial charge is 0.407 e. The second-order valence-electron chi connectivity index (χ2n) is 4.07. The Morgan fingerprint density at radius 2 is 2.21 bits per heavy atom. The van der Waals surface area contributed by atoms with Crippen LogP contribution in [0.1, 0.15) is 19.8 Å². The summed E-state index contributed by atoms with van der Waals surface area (Å²) >= 11 is 3.38. The summed E-state index contributed by atoms with van der Waals surface area (Å²) in [5, 5.41) is 5.82. The first kappa shape index (κ1) is 15.6. The Morgan fingerprint density at radius 1 is 1.42 bits per heavy atom. The number of benzene rings is 1. The van der Waals surface area contributed by atoms with Crippen molar-refractivity contribution in [3.8, 4) is 0 Å². The van der Waals surface area contributed by atoms with Crippen molar-refractivity contribution in [1.29, 1.82) is 0 Å². The Morgan fingerprint density at radius 3 is 2.95 bits per heavy atom. The molecule has 1 aromatic rings. The van der Waals surface area contributed by atoms with Crippen LogP contribution in [0, 0.1) is 0 Å². The molecule has 1 rings (SSSR count). The number of anilines is 2. The summed E-state index contributed by atoms with van der Waals surface area (Å²) in [5.74, 6) is 0. The van der Waals surface area contributed by atoms with Crippen molar-refractivity contribution in [3.63, 3.8) is 0 Å². The van der Waals surface area contributed by atoms with Gasteiger partial charge in [0.15, 0.2) is 0 Å². The summed E-state index contributed by atoms with van der Waals surface area (Å²) in [6.07, 6.45) is 1.52. The number of hydrogen-bond donors (Lipinski definition) is 3.